The molecule has 0 radical (unpaired) electrons. The van der Waals surface area contributed by atoms with Crippen LogP contribution in [0.2, 0.25) is 10.0 Å². The van der Waals surface area contributed by atoms with Crippen LogP contribution in [0.5, 0.6) is 0 Å². The first-order valence-corrected chi connectivity index (χ1v) is 7.90. The summed E-state index contributed by atoms with van der Waals surface area (Å²) in [5.41, 5.74) is 0.293. The normalized spacial score (nSPS) is 15.3. The van der Waals surface area contributed by atoms with Gasteiger partial charge in [-0.1, -0.05) is 42.3 Å². The van der Waals surface area contributed by atoms with Crippen LogP contribution < -0.4 is 0 Å². The number of halogens is 2. The number of aliphatic hydroxyl groups is 1. The van der Waals surface area contributed by atoms with Crippen LogP contribution in [-0.4, -0.2) is 23.3 Å². The molecule has 0 saturated heterocycles. The molecule has 118 valence electrons. The minimum Gasteiger partial charge on any atom is -0.382 e. The van der Waals surface area contributed by atoms with Crippen LogP contribution in [0.4, 0.5) is 0 Å². The van der Waals surface area contributed by atoms with Gasteiger partial charge in [0, 0.05) is 40.5 Å². The molecular formula is C17H19Cl2NO2. The highest BCUT2D eigenvalue weighted by Crippen LogP contribution is 2.40. The maximum Gasteiger partial charge on any atom is 0.121 e. The lowest BCUT2D eigenvalue weighted by molar-refractivity contribution is -0.0641. The van der Waals surface area contributed by atoms with Crippen LogP contribution >= 0.6 is 23.2 Å². The number of aromatic nitrogens is 1. The van der Waals surface area contributed by atoms with E-state index in [0.29, 0.717) is 22.2 Å². The molecule has 1 aromatic heterocycles. The second kappa shape index (κ2) is 7.42. The second-order valence-electron chi connectivity index (χ2n) is 5.19. The Balaban J connectivity index is 2.44. The molecule has 0 aliphatic rings. The summed E-state index contributed by atoms with van der Waals surface area (Å²) in [6.45, 7) is 4.49. The van der Waals surface area contributed by atoms with E-state index in [-0.39, 0.29) is 12.5 Å². The Morgan fingerprint density at radius 1 is 1.32 bits per heavy atom. The van der Waals surface area contributed by atoms with Crippen molar-refractivity contribution in [3.05, 3.63) is 63.9 Å². The number of hydrogen-bond donors (Lipinski definition) is 1. The molecule has 2 unspecified atom stereocenters. The van der Waals surface area contributed by atoms with Crippen LogP contribution in [0.1, 0.15) is 30.9 Å². The van der Waals surface area contributed by atoms with Gasteiger partial charge in [-0.15, -0.1) is 0 Å². The molecule has 2 atom stereocenters. The van der Waals surface area contributed by atoms with E-state index in [0.717, 1.165) is 5.56 Å². The Labute approximate surface area is 140 Å². The van der Waals surface area contributed by atoms with E-state index in [1.54, 1.807) is 30.6 Å². The van der Waals surface area contributed by atoms with Crippen LogP contribution in [-0.2, 0) is 10.3 Å². The fourth-order valence-corrected chi connectivity index (χ4v) is 3.02. The number of rotatable bonds is 6. The molecule has 0 aliphatic carbocycles. The van der Waals surface area contributed by atoms with E-state index in [9.17, 15) is 5.11 Å². The van der Waals surface area contributed by atoms with Crippen molar-refractivity contribution < 1.29 is 9.84 Å². The molecule has 1 N–H and O–H groups in total. The van der Waals surface area contributed by atoms with Crippen LogP contribution in [0.15, 0.2) is 42.7 Å². The van der Waals surface area contributed by atoms with Crippen molar-refractivity contribution in [2.45, 2.75) is 25.4 Å². The first-order valence-electron chi connectivity index (χ1n) is 7.14. The third-order valence-electron chi connectivity index (χ3n) is 3.83. The van der Waals surface area contributed by atoms with E-state index < -0.39 is 5.60 Å². The Bertz CT molecular complexity index is 621. The summed E-state index contributed by atoms with van der Waals surface area (Å²) in [7, 11) is 0. The molecule has 2 aromatic rings. The topological polar surface area (TPSA) is 42.4 Å². The number of pyridine rings is 1. The molecule has 1 heterocycles. The summed E-state index contributed by atoms with van der Waals surface area (Å²) in [5, 5.41) is 12.4. The molecule has 22 heavy (non-hydrogen) atoms. The van der Waals surface area contributed by atoms with Crippen LogP contribution in [0.3, 0.4) is 0 Å². The summed E-state index contributed by atoms with van der Waals surface area (Å²) in [6, 6.07) is 8.92. The van der Waals surface area contributed by atoms with Gasteiger partial charge in [0.05, 0.1) is 6.61 Å². The smallest absolute Gasteiger partial charge is 0.121 e. The van der Waals surface area contributed by atoms with Gasteiger partial charge in [0.25, 0.3) is 0 Å². The Hall–Kier alpha value is -1.13. The van der Waals surface area contributed by atoms with Gasteiger partial charge >= 0.3 is 0 Å². The minimum absolute atomic E-state index is 0.162. The first kappa shape index (κ1) is 17.2. The average Bonchev–Trinajstić information content (AvgIpc) is 2.53. The number of ether oxygens (including phenoxy) is 1. The summed E-state index contributed by atoms with van der Waals surface area (Å²) in [5.74, 6) is -0.284. The van der Waals surface area contributed by atoms with Gasteiger partial charge in [-0.2, -0.15) is 0 Å². The van der Waals surface area contributed by atoms with Crippen molar-refractivity contribution in [3.63, 3.8) is 0 Å². The van der Waals surface area contributed by atoms with Crippen molar-refractivity contribution in [2.75, 3.05) is 13.2 Å². The Morgan fingerprint density at radius 3 is 2.68 bits per heavy atom. The summed E-state index contributed by atoms with van der Waals surface area (Å²) in [6.07, 6.45) is 3.32. The summed E-state index contributed by atoms with van der Waals surface area (Å²) >= 11 is 12.3. The van der Waals surface area contributed by atoms with Gasteiger partial charge in [-0.05, 0) is 30.7 Å². The standard InChI is InChI=1S/C17H19Cl2NO2/c1-3-22-11-17(21,13-5-4-8-20-10-13)12(2)15-7-6-14(18)9-16(15)19/h4-10,12,21H,3,11H2,1-2H3. The largest absolute Gasteiger partial charge is 0.382 e. The molecule has 5 heteroatoms. The van der Waals surface area contributed by atoms with E-state index in [2.05, 4.69) is 4.98 Å². The third kappa shape index (κ3) is 3.61. The van der Waals surface area contributed by atoms with Gasteiger partial charge in [0.15, 0.2) is 0 Å². The Kier molecular flexibility index (Phi) is 5.81. The van der Waals surface area contributed by atoms with Gasteiger partial charge in [-0.3, -0.25) is 4.98 Å². The zero-order valence-electron chi connectivity index (χ0n) is 12.6. The predicted octanol–water partition coefficient (Wildman–Crippen LogP) is 4.42. The molecule has 0 fully saturated rings. The second-order valence-corrected chi connectivity index (χ2v) is 6.03. The minimum atomic E-state index is -1.22. The molecule has 3 nitrogen and oxygen atoms in total. The molecule has 0 spiro atoms. The molecule has 0 aliphatic heterocycles. The van der Waals surface area contributed by atoms with Gasteiger partial charge < -0.3 is 9.84 Å². The highest BCUT2D eigenvalue weighted by molar-refractivity contribution is 6.35. The van der Waals surface area contributed by atoms with E-state index >= 15 is 0 Å². The quantitative estimate of drug-likeness (QED) is 0.847. The van der Waals surface area contributed by atoms with Crippen molar-refractivity contribution in [2.24, 2.45) is 0 Å². The van der Waals surface area contributed by atoms with Crippen LogP contribution in [0.25, 0.3) is 0 Å². The average molecular weight is 340 g/mol. The molecule has 2 rings (SSSR count). The van der Waals surface area contributed by atoms with Crippen molar-refractivity contribution in [1.29, 1.82) is 0 Å². The predicted molar refractivity (Wildman–Crippen MR) is 89.5 cm³/mol. The maximum absolute atomic E-state index is 11.3. The fraction of sp³-hybridized carbons (Fsp3) is 0.353. The van der Waals surface area contributed by atoms with Gasteiger partial charge in [-0.25, -0.2) is 0 Å². The SMILES string of the molecule is CCOCC(O)(c1cccnc1)C(C)c1ccc(Cl)cc1Cl. The third-order valence-corrected chi connectivity index (χ3v) is 4.40. The lowest BCUT2D eigenvalue weighted by Crippen LogP contribution is -2.37. The zero-order valence-corrected chi connectivity index (χ0v) is 14.1. The van der Waals surface area contributed by atoms with Crippen molar-refractivity contribution in [1.82, 2.24) is 4.98 Å². The molecule has 0 amide bonds. The van der Waals surface area contributed by atoms with Crippen molar-refractivity contribution >= 4 is 23.2 Å². The number of hydrogen-bond acceptors (Lipinski definition) is 3. The fourth-order valence-electron chi connectivity index (χ4n) is 2.44. The van der Waals surface area contributed by atoms with Gasteiger partial charge in [0.1, 0.15) is 5.60 Å². The summed E-state index contributed by atoms with van der Waals surface area (Å²) < 4.78 is 5.51. The molecule has 0 bridgehead atoms. The van der Waals surface area contributed by atoms with E-state index in [4.69, 9.17) is 27.9 Å². The highest BCUT2D eigenvalue weighted by atomic mass is 35.5. The first-order chi connectivity index (χ1) is 10.5. The summed E-state index contributed by atoms with van der Waals surface area (Å²) in [4.78, 5) is 4.10. The molecular weight excluding hydrogens is 321 g/mol. The molecule has 1 aromatic carbocycles. The van der Waals surface area contributed by atoms with Crippen molar-refractivity contribution in [3.8, 4) is 0 Å². The lowest BCUT2D eigenvalue weighted by atomic mass is 9.79. The number of nitrogens with zero attached hydrogens (tertiary/aromatic N) is 1. The van der Waals surface area contributed by atoms with Gasteiger partial charge in [0.2, 0.25) is 0 Å². The Morgan fingerprint density at radius 2 is 2.09 bits per heavy atom. The maximum atomic E-state index is 11.3. The monoisotopic (exact) mass is 339 g/mol. The number of benzene rings is 1. The zero-order chi connectivity index (χ0) is 16.2. The molecule has 0 saturated carbocycles. The van der Waals surface area contributed by atoms with Crippen LogP contribution in [0, 0.1) is 0 Å². The lowest BCUT2D eigenvalue weighted by Gasteiger charge is -2.35. The van der Waals surface area contributed by atoms with E-state index in [1.165, 1.54) is 0 Å². The highest BCUT2D eigenvalue weighted by Gasteiger charge is 2.38. The van der Waals surface area contributed by atoms with E-state index in [1.807, 2.05) is 26.0 Å².